The number of rotatable bonds is 14. The molecule has 9 nitrogen and oxygen atoms in total. The molecular formula is C28H36N4O5S. The van der Waals surface area contributed by atoms with Gasteiger partial charge in [-0.3, -0.25) is 19.0 Å². The fourth-order valence-electron chi connectivity index (χ4n) is 4.12. The number of para-hydroxylation sites is 1. The molecule has 0 atom stereocenters. The first-order valence-electron chi connectivity index (χ1n) is 12.8. The Balaban J connectivity index is 1.60. The fraction of sp³-hybridized carbons (Fsp3) is 0.429. The molecule has 0 aliphatic rings. The lowest BCUT2D eigenvalue weighted by Gasteiger charge is -2.19. The number of thioether (sulfide) groups is 1. The maximum absolute atomic E-state index is 13.2. The Morgan fingerprint density at radius 2 is 1.79 bits per heavy atom. The summed E-state index contributed by atoms with van der Waals surface area (Å²) in [6.07, 6.45) is 1.40. The van der Waals surface area contributed by atoms with E-state index in [2.05, 4.69) is 10.3 Å². The molecule has 3 rings (SSSR count). The molecule has 3 aromatic rings. The third-order valence-corrected chi connectivity index (χ3v) is 7.20. The molecule has 1 aromatic heterocycles. The zero-order valence-electron chi connectivity index (χ0n) is 22.5. The van der Waals surface area contributed by atoms with Gasteiger partial charge in [0.25, 0.3) is 5.56 Å². The number of hydrogen-bond donors (Lipinski definition) is 1. The molecule has 38 heavy (non-hydrogen) atoms. The van der Waals surface area contributed by atoms with Gasteiger partial charge in [0.05, 0.1) is 30.9 Å². The zero-order chi connectivity index (χ0) is 27.5. The second-order valence-electron chi connectivity index (χ2n) is 8.62. The van der Waals surface area contributed by atoms with Crippen LogP contribution in [0.15, 0.2) is 52.4 Å². The van der Waals surface area contributed by atoms with Crippen LogP contribution in [-0.2, 0) is 22.6 Å². The van der Waals surface area contributed by atoms with Crippen molar-refractivity contribution in [2.24, 2.45) is 0 Å². The Labute approximate surface area is 227 Å². The van der Waals surface area contributed by atoms with Crippen LogP contribution >= 0.6 is 11.8 Å². The second-order valence-corrected chi connectivity index (χ2v) is 9.56. The van der Waals surface area contributed by atoms with Gasteiger partial charge in [-0.25, -0.2) is 4.98 Å². The Bertz CT molecular complexity index is 1310. The number of benzene rings is 2. The summed E-state index contributed by atoms with van der Waals surface area (Å²) in [4.78, 5) is 44.7. The summed E-state index contributed by atoms with van der Waals surface area (Å²) in [5.41, 5.74) is 1.46. The number of hydrogen-bond acceptors (Lipinski definition) is 7. The number of nitrogens with zero attached hydrogens (tertiary/aromatic N) is 3. The molecule has 0 aliphatic carbocycles. The van der Waals surface area contributed by atoms with Crippen molar-refractivity contribution in [1.82, 2.24) is 19.8 Å². The van der Waals surface area contributed by atoms with E-state index in [1.807, 2.05) is 38.1 Å². The predicted molar refractivity (Wildman–Crippen MR) is 150 cm³/mol. The van der Waals surface area contributed by atoms with Crippen molar-refractivity contribution in [3.05, 3.63) is 58.4 Å². The number of fused-ring (bicyclic) bond motifs is 1. The quantitative estimate of drug-likeness (QED) is 0.247. The van der Waals surface area contributed by atoms with Gasteiger partial charge in [-0.2, -0.15) is 0 Å². The summed E-state index contributed by atoms with van der Waals surface area (Å²) >= 11 is 1.26. The monoisotopic (exact) mass is 540 g/mol. The molecule has 1 heterocycles. The van der Waals surface area contributed by atoms with E-state index < -0.39 is 0 Å². The van der Waals surface area contributed by atoms with E-state index in [4.69, 9.17) is 9.47 Å². The molecule has 0 saturated heterocycles. The molecule has 0 radical (unpaired) electrons. The number of carbonyl (C=O) groups is 2. The largest absolute Gasteiger partial charge is 0.493 e. The van der Waals surface area contributed by atoms with Crippen LogP contribution in [0.3, 0.4) is 0 Å². The van der Waals surface area contributed by atoms with E-state index in [9.17, 15) is 14.4 Å². The maximum atomic E-state index is 13.2. The zero-order valence-corrected chi connectivity index (χ0v) is 23.3. The van der Waals surface area contributed by atoms with Crippen LogP contribution in [0.4, 0.5) is 0 Å². The Kier molecular flexibility index (Phi) is 11.0. The minimum atomic E-state index is -0.165. The molecule has 0 unspecified atom stereocenters. The molecule has 0 saturated carbocycles. The Morgan fingerprint density at radius 1 is 1.05 bits per heavy atom. The molecular weight excluding hydrogens is 504 g/mol. The highest BCUT2D eigenvalue weighted by Gasteiger charge is 2.16. The molecule has 2 amide bonds. The topological polar surface area (TPSA) is 103 Å². The highest BCUT2D eigenvalue weighted by molar-refractivity contribution is 7.99. The summed E-state index contributed by atoms with van der Waals surface area (Å²) < 4.78 is 12.2. The van der Waals surface area contributed by atoms with Gasteiger partial charge in [-0.1, -0.05) is 30.0 Å². The van der Waals surface area contributed by atoms with E-state index in [1.54, 1.807) is 41.9 Å². The lowest BCUT2D eigenvalue weighted by molar-refractivity contribution is -0.128. The summed E-state index contributed by atoms with van der Waals surface area (Å²) in [7, 11) is 3.18. The van der Waals surface area contributed by atoms with Crippen molar-refractivity contribution in [2.45, 2.75) is 44.8 Å². The average molecular weight is 541 g/mol. The molecule has 1 N–H and O–H groups in total. The highest BCUT2D eigenvalue weighted by atomic mass is 32.2. The normalized spacial score (nSPS) is 10.8. The molecule has 204 valence electrons. The first-order valence-corrected chi connectivity index (χ1v) is 13.8. The van der Waals surface area contributed by atoms with Gasteiger partial charge in [0, 0.05) is 32.6 Å². The SMILES string of the molecule is CCN(CC)C(=O)CSc1nc2ccccc2c(=O)n1CCCC(=O)NCCc1ccc(OC)c(OC)c1. The molecule has 0 spiro atoms. The van der Waals surface area contributed by atoms with Crippen LogP contribution in [0.5, 0.6) is 11.5 Å². The number of ether oxygens (including phenoxy) is 2. The van der Waals surface area contributed by atoms with Crippen LogP contribution < -0.4 is 20.3 Å². The first kappa shape index (κ1) is 29.0. The van der Waals surface area contributed by atoms with E-state index in [0.717, 1.165) is 5.56 Å². The smallest absolute Gasteiger partial charge is 0.262 e. The van der Waals surface area contributed by atoms with Gasteiger partial charge >= 0.3 is 0 Å². The van der Waals surface area contributed by atoms with Gasteiger partial charge in [-0.15, -0.1) is 0 Å². The van der Waals surface area contributed by atoms with Crippen LogP contribution in [0.1, 0.15) is 32.3 Å². The molecule has 0 bridgehead atoms. The molecule has 10 heteroatoms. The van der Waals surface area contributed by atoms with Crippen LogP contribution in [-0.4, -0.2) is 65.9 Å². The first-order chi connectivity index (χ1) is 18.4. The van der Waals surface area contributed by atoms with Crippen LogP contribution in [0, 0.1) is 0 Å². The number of carbonyl (C=O) groups excluding carboxylic acids is 2. The Morgan fingerprint density at radius 3 is 2.50 bits per heavy atom. The summed E-state index contributed by atoms with van der Waals surface area (Å²) in [6.45, 7) is 5.97. The minimum absolute atomic E-state index is 0.00261. The second kappa shape index (κ2) is 14.4. The summed E-state index contributed by atoms with van der Waals surface area (Å²) in [6, 6.07) is 12.9. The average Bonchev–Trinajstić information content (AvgIpc) is 2.93. The Hall–Kier alpha value is -3.53. The van der Waals surface area contributed by atoms with Crippen molar-refractivity contribution in [2.75, 3.05) is 39.6 Å². The number of aromatic nitrogens is 2. The van der Waals surface area contributed by atoms with Gasteiger partial charge in [0.1, 0.15) is 0 Å². The van der Waals surface area contributed by atoms with Crippen LogP contribution in [0.25, 0.3) is 10.9 Å². The van der Waals surface area contributed by atoms with E-state index in [-0.39, 0.29) is 29.5 Å². The predicted octanol–water partition coefficient (Wildman–Crippen LogP) is 3.51. The lowest BCUT2D eigenvalue weighted by atomic mass is 10.1. The lowest BCUT2D eigenvalue weighted by Crippen LogP contribution is -2.32. The van der Waals surface area contributed by atoms with E-state index >= 15 is 0 Å². The van der Waals surface area contributed by atoms with Crippen LogP contribution in [0.2, 0.25) is 0 Å². The maximum Gasteiger partial charge on any atom is 0.262 e. The van der Waals surface area contributed by atoms with Crippen molar-refractivity contribution < 1.29 is 19.1 Å². The van der Waals surface area contributed by atoms with Crippen molar-refractivity contribution in [3.8, 4) is 11.5 Å². The van der Waals surface area contributed by atoms with Gasteiger partial charge in [0.15, 0.2) is 16.7 Å². The third-order valence-electron chi connectivity index (χ3n) is 6.24. The van der Waals surface area contributed by atoms with Gasteiger partial charge < -0.3 is 19.7 Å². The molecule has 2 aromatic carbocycles. The van der Waals surface area contributed by atoms with Gasteiger partial charge in [0.2, 0.25) is 11.8 Å². The van der Waals surface area contributed by atoms with E-state index in [1.165, 1.54) is 11.8 Å². The van der Waals surface area contributed by atoms with E-state index in [0.29, 0.717) is 66.6 Å². The summed E-state index contributed by atoms with van der Waals surface area (Å²) in [5.74, 6) is 1.43. The van der Waals surface area contributed by atoms with Crippen molar-refractivity contribution in [3.63, 3.8) is 0 Å². The standard InChI is InChI=1S/C28H36N4O5S/c1-5-31(6-2)26(34)19-38-28-30-22-11-8-7-10-21(22)27(35)32(28)17-9-12-25(33)29-16-15-20-13-14-23(36-3)24(18-20)37-4/h7-8,10-11,13-14,18H,5-6,9,12,15-17,19H2,1-4H3,(H,29,33). The fourth-order valence-corrected chi connectivity index (χ4v) is 5.05. The van der Waals surface area contributed by atoms with Gasteiger partial charge in [-0.05, 0) is 56.5 Å². The molecule has 0 aliphatic heterocycles. The third kappa shape index (κ3) is 7.50. The van der Waals surface area contributed by atoms with Crippen molar-refractivity contribution in [1.29, 1.82) is 0 Å². The number of methoxy groups -OCH3 is 2. The number of amides is 2. The van der Waals surface area contributed by atoms with Crippen molar-refractivity contribution >= 4 is 34.5 Å². The highest BCUT2D eigenvalue weighted by Crippen LogP contribution is 2.27. The minimum Gasteiger partial charge on any atom is -0.493 e. The number of nitrogens with one attached hydrogen (secondary N) is 1. The summed E-state index contributed by atoms with van der Waals surface area (Å²) in [5, 5.41) is 3.95. The molecule has 0 fully saturated rings.